The molecule has 0 aliphatic rings. The molecule has 1 N–H and O–H groups in total. The molecule has 0 aliphatic heterocycles. The molecule has 1 aromatic heterocycles. The smallest absolute Gasteiger partial charge is 0.222 e. The maximum absolute atomic E-state index is 10.5. The lowest BCUT2D eigenvalue weighted by molar-refractivity contribution is 0.437. The van der Waals surface area contributed by atoms with Crippen LogP contribution in [0.2, 0.25) is 5.02 Å². The number of hydrogen-bond donors (Lipinski definition) is 1. The summed E-state index contributed by atoms with van der Waals surface area (Å²) in [6.07, 6.45) is 0. The summed E-state index contributed by atoms with van der Waals surface area (Å²) in [5, 5.41) is 13.4. The molecule has 0 saturated heterocycles. The highest BCUT2D eigenvalue weighted by Gasteiger charge is 2.16. The van der Waals surface area contributed by atoms with Crippen LogP contribution in [0.15, 0.2) is 23.4 Å². The van der Waals surface area contributed by atoms with Crippen LogP contribution in [-0.2, 0) is 7.05 Å². The van der Waals surface area contributed by atoms with Crippen LogP contribution < -0.4 is 0 Å². The molecule has 72 valence electrons. The van der Waals surface area contributed by atoms with Crippen molar-refractivity contribution in [1.29, 1.82) is 0 Å². The molecule has 14 heavy (non-hydrogen) atoms. The zero-order valence-corrected chi connectivity index (χ0v) is 8.12. The summed E-state index contributed by atoms with van der Waals surface area (Å²) in [5.74, 6) is -0.164. The van der Waals surface area contributed by atoms with Crippen LogP contribution in [0.1, 0.15) is 0 Å². The Morgan fingerprint density at radius 3 is 2.86 bits per heavy atom. The number of fused-ring (bicyclic) bond motifs is 1. The van der Waals surface area contributed by atoms with Gasteiger partial charge in [-0.15, -0.1) is 4.91 Å². The van der Waals surface area contributed by atoms with Crippen molar-refractivity contribution in [2.45, 2.75) is 0 Å². The molecule has 2 rings (SSSR count). The number of nitroso groups, excluding NO2 is 1. The maximum atomic E-state index is 10.5. The van der Waals surface area contributed by atoms with E-state index < -0.39 is 0 Å². The van der Waals surface area contributed by atoms with Crippen molar-refractivity contribution in [3.8, 4) is 5.88 Å². The molecule has 0 bridgehead atoms. The highest BCUT2D eigenvalue weighted by Crippen LogP contribution is 2.40. The van der Waals surface area contributed by atoms with E-state index in [9.17, 15) is 10.0 Å². The second-order valence-electron chi connectivity index (χ2n) is 2.96. The minimum Gasteiger partial charge on any atom is -0.493 e. The predicted octanol–water partition coefficient (Wildman–Crippen LogP) is 2.94. The van der Waals surface area contributed by atoms with Crippen LogP contribution in [0.25, 0.3) is 10.9 Å². The van der Waals surface area contributed by atoms with Gasteiger partial charge < -0.3 is 9.67 Å². The Labute approximate surface area is 84.7 Å². The zero-order chi connectivity index (χ0) is 10.3. The van der Waals surface area contributed by atoms with Crippen LogP contribution in [0.4, 0.5) is 5.69 Å². The normalized spacial score (nSPS) is 10.7. The summed E-state index contributed by atoms with van der Waals surface area (Å²) in [7, 11) is 1.62. The summed E-state index contributed by atoms with van der Waals surface area (Å²) < 4.78 is 1.44. The topological polar surface area (TPSA) is 54.6 Å². The number of hydrogen-bond acceptors (Lipinski definition) is 3. The number of halogens is 1. The highest BCUT2D eigenvalue weighted by atomic mass is 35.5. The maximum Gasteiger partial charge on any atom is 0.222 e. The van der Waals surface area contributed by atoms with Crippen LogP contribution in [0.3, 0.4) is 0 Å². The Morgan fingerprint density at radius 2 is 2.21 bits per heavy atom. The molecule has 1 aromatic carbocycles. The van der Waals surface area contributed by atoms with E-state index in [1.807, 2.05) is 0 Å². The largest absolute Gasteiger partial charge is 0.493 e. The van der Waals surface area contributed by atoms with E-state index in [0.29, 0.717) is 15.9 Å². The molecule has 5 heteroatoms. The van der Waals surface area contributed by atoms with Gasteiger partial charge in [-0.1, -0.05) is 23.7 Å². The Kier molecular flexibility index (Phi) is 1.93. The molecular weight excluding hydrogens is 204 g/mol. The van der Waals surface area contributed by atoms with Gasteiger partial charge in [-0.25, -0.2) is 0 Å². The first kappa shape index (κ1) is 9.02. The fourth-order valence-electron chi connectivity index (χ4n) is 1.52. The molecule has 0 fully saturated rings. The second-order valence-corrected chi connectivity index (χ2v) is 3.37. The third-order valence-corrected chi connectivity index (χ3v) is 2.50. The van der Waals surface area contributed by atoms with Gasteiger partial charge in [0.15, 0.2) is 5.69 Å². The molecule has 0 aliphatic carbocycles. The molecule has 0 saturated carbocycles. The first-order valence-corrected chi connectivity index (χ1v) is 4.34. The SMILES string of the molecule is Cn1c(O)c(N=O)c2cccc(Cl)c21. The van der Waals surface area contributed by atoms with Gasteiger partial charge in [0.05, 0.1) is 10.5 Å². The van der Waals surface area contributed by atoms with Gasteiger partial charge in [-0.05, 0) is 11.2 Å². The number of aromatic hydroxyl groups is 1. The van der Waals surface area contributed by atoms with Crippen molar-refractivity contribution < 1.29 is 5.11 Å². The molecule has 2 aromatic rings. The fraction of sp³-hybridized carbons (Fsp3) is 0.111. The lowest BCUT2D eigenvalue weighted by Gasteiger charge is -1.98. The summed E-state index contributed by atoms with van der Waals surface area (Å²) in [4.78, 5) is 10.5. The Hall–Kier alpha value is -1.55. The lowest BCUT2D eigenvalue weighted by Crippen LogP contribution is -1.85. The third-order valence-electron chi connectivity index (χ3n) is 2.20. The Bertz CT molecular complexity index is 519. The van der Waals surface area contributed by atoms with Gasteiger partial charge >= 0.3 is 0 Å². The molecule has 0 atom stereocenters. The van der Waals surface area contributed by atoms with E-state index >= 15 is 0 Å². The van der Waals surface area contributed by atoms with Gasteiger partial charge in [0.1, 0.15) is 0 Å². The van der Waals surface area contributed by atoms with E-state index in [1.54, 1.807) is 25.2 Å². The van der Waals surface area contributed by atoms with E-state index in [-0.39, 0.29) is 11.6 Å². The van der Waals surface area contributed by atoms with Gasteiger partial charge in [-0.3, -0.25) is 0 Å². The van der Waals surface area contributed by atoms with E-state index in [2.05, 4.69) is 5.18 Å². The van der Waals surface area contributed by atoms with Crippen LogP contribution in [-0.4, -0.2) is 9.67 Å². The van der Waals surface area contributed by atoms with Gasteiger partial charge in [-0.2, -0.15) is 0 Å². The number of rotatable bonds is 1. The number of nitrogens with zero attached hydrogens (tertiary/aromatic N) is 2. The monoisotopic (exact) mass is 210 g/mol. The summed E-state index contributed by atoms with van der Waals surface area (Å²) in [6, 6.07) is 5.09. The molecule has 0 radical (unpaired) electrons. The second kappa shape index (κ2) is 2.99. The molecule has 0 spiro atoms. The van der Waals surface area contributed by atoms with E-state index in [0.717, 1.165) is 0 Å². The zero-order valence-electron chi connectivity index (χ0n) is 7.36. The van der Waals surface area contributed by atoms with Crippen molar-refractivity contribution in [3.05, 3.63) is 28.1 Å². The Morgan fingerprint density at radius 1 is 1.50 bits per heavy atom. The fourth-order valence-corrected chi connectivity index (χ4v) is 1.82. The Balaban J connectivity index is 3.02. The lowest BCUT2D eigenvalue weighted by atomic mass is 10.2. The quantitative estimate of drug-likeness (QED) is 0.736. The number of aryl methyl sites for hydroxylation is 1. The highest BCUT2D eigenvalue weighted by molar-refractivity contribution is 6.35. The average Bonchev–Trinajstić information content (AvgIpc) is 2.41. The first-order valence-electron chi connectivity index (χ1n) is 3.96. The van der Waals surface area contributed by atoms with Crippen LogP contribution >= 0.6 is 11.6 Å². The van der Waals surface area contributed by atoms with Crippen molar-refractivity contribution in [3.63, 3.8) is 0 Å². The summed E-state index contributed by atoms with van der Waals surface area (Å²) >= 11 is 5.93. The van der Waals surface area contributed by atoms with Crippen molar-refractivity contribution in [2.75, 3.05) is 0 Å². The first-order chi connectivity index (χ1) is 6.66. The van der Waals surface area contributed by atoms with Crippen LogP contribution in [0, 0.1) is 4.91 Å². The molecule has 0 amide bonds. The molecular formula is C9H7ClN2O2. The van der Waals surface area contributed by atoms with Gasteiger partial charge in [0.25, 0.3) is 0 Å². The van der Waals surface area contributed by atoms with Crippen molar-refractivity contribution >= 4 is 28.2 Å². The molecule has 4 nitrogen and oxygen atoms in total. The number of para-hydroxylation sites is 1. The van der Waals surface area contributed by atoms with Crippen molar-refractivity contribution in [1.82, 2.24) is 4.57 Å². The summed E-state index contributed by atoms with van der Waals surface area (Å²) in [6.45, 7) is 0. The van der Waals surface area contributed by atoms with E-state index in [4.69, 9.17) is 11.6 Å². The minimum absolute atomic E-state index is 0.0324. The van der Waals surface area contributed by atoms with Gasteiger partial charge in [0, 0.05) is 12.4 Å². The third kappa shape index (κ3) is 1.01. The number of benzene rings is 1. The van der Waals surface area contributed by atoms with E-state index in [1.165, 1.54) is 4.57 Å². The predicted molar refractivity (Wildman–Crippen MR) is 55.0 cm³/mol. The van der Waals surface area contributed by atoms with Crippen LogP contribution in [0.5, 0.6) is 5.88 Å². The average molecular weight is 211 g/mol. The molecule has 1 heterocycles. The van der Waals surface area contributed by atoms with Gasteiger partial charge in [0.2, 0.25) is 5.88 Å². The minimum atomic E-state index is -0.164. The van der Waals surface area contributed by atoms with Crippen molar-refractivity contribution in [2.24, 2.45) is 12.2 Å². The summed E-state index contributed by atoms with van der Waals surface area (Å²) in [5.41, 5.74) is 0.645. The number of aromatic nitrogens is 1. The standard InChI is InChI=1S/C9H7ClN2O2/c1-12-8-5(3-2-4-6(8)10)7(11-14)9(12)13/h2-4,13H,1H3. The molecule has 0 unspecified atom stereocenters.